The van der Waals surface area contributed by atoms with Gasteiger partial charge in [0.05, 0.1) is 0 Å². The molecule has 4 N–H and O–H groups in total. The zero-order chi connectivity index (χ0) is 14.3. The van der Waals surface area contributed by atoms with Gasteiger partial charge in [0.2, 0.25) is 0 Å². The van der Waals surface area contributed by atoms with E-state index < -0.39 is 6.03 Å². The molecule has 0 saturated carbocycles. The summed E-state index contributed by atoms with van der Waals surface area (Å²) in [6.45, 7) is 7.97. The number of nitrogens with one attached hydrogen (secondary N) is 2. The van der Waals surface area contributed by atoms with Crippen molar-refractivity contribution in [3.63, 3.8) is 0 Å². The van der Waals surface area contributed by atoms with E-state index in [1.807, 2.05) is 32.0 Å². The number of aliphatic imine (C=N–C) groups is 1. The molecule has 5 nitrogen and oxygen atoms in total. The monoisotopic (exact) mass is 296 g/mol. The van der Waals surface area contributed by atoms with Crippen molar-refractivity contribution in [2.75, 3.05) is 11.9 Å². The Morgan fingerprint density at radius 1 is 1.40 bits per heavy atom. The molecule has 0 aliphatic carbocycles. The molecule has 1 aromatic carbocycles. The van der Waals surface area contributed by atoms with Gasteiger partial charge in [0, 0.05) is 12.2 Å². The summed E-state index contributed by atoms with van der Waals surface area (Å²) in [4.78, 5) is 15.7. The molecule has 110 valence electrons. The lowest BCUT2D eigenvalue weighted by molar-refractivity contribution is 0.256. The van der Waals surface area contributed by atoms with E-state index in [4.69, 9.17) is 5.73 Å². The van der Waals surface area contributed by atoms with Crippen LogP contribution in [-0.2, 0) is 0 Å². The summed E-state index contributed by atoms with van der Waals surface area (Å²) in [5, 5.41) is 5.25. The molecular weight excluding hydrogens is 276 g/mol. The van der Waals surface area contributed by atoms with Crippen LogP contribution in [0.5, 0.6) is 0 Å². The van der Waals surface area contributed by atoms with Crippen LogP contribution in [-0.4, -0.2) is 18.5 Å². The lowest BCUT2D eigenvalue weighted by Crippen LogP contribution is -2.40. The van der Waals surface area contributed by atoms with Crippen LogP contribution in [0.4, 0.5) is 10.5 Å². The van der Waals surface area contributed by atoms with Gasteiger partial charge in [-0.15, -0.1) is 19.0 Å². The third kappa shape index (κ3) is 5.75. The van der Waals surface area contributed by atoms with Crippen molar-refractivity contribution in [1.82, 2.24) is 5.32 Å². The smallest absolute Gasteiger partial charge is 0.326 e. The number of aryl methyl sites for hydroxylation is 2. The number of carbonyl (C=O) groups excluding carboxylic acids is 1. The minimum Gasteiger partial charge on any atom is -0.370 e. The van der Waals surface area contributed by atoms with Crippen molar-refractivity contribution < 1.29 is 4.79 Å². The Bertz CT molecular complexity index is 480. The fourth-order valence-electron chi connectivity index (χ4n) is 1.59. The third-order valence-corrected chi connectivity index (χ3v) is 2.58. The number of guanidine groups is 1. The molecule has 2 amide bonds. The molecule has 0 bridgehead atoms. The van der Waals surface area contributed by atoms with Crippen LogP contribution in [0.15, 0.2) is 35.8 Å². The second kappa shape index (κ2) is 8.98. The predicted octanol–water partition coefficient (Wildman–Crippen LogP) is 2.74. The number of amides is 2. The van der Waals surface area contributed by atoms with E-state index in [-0.39, 0.29) is 18.4 Å². The number of carbonyl (C=O) groups is 1. The molecule has 6 heteroatoms. The summed E-state index contributed by atoms with van der Waals surface area (Å²) in [7, 11) is 0. The van der Waals surface area contributed by atoms with E-state index in [1.165, 1.54) is 0 Å². The summed E-state index contributed by atoms with van der Waals surface area (Å²) in [5.74, 6) is 0.102. The van der Waals surface area contributed by atoms with Gasteiger partial charge in [0.25, 0.3) is 0 Å². The van der Waals surface area contributed by atoms with E-state index in [2.05, 4.69) is 22.2 Å². The molecule has 0 aromatic heterocycles. The number of nitrogens with two attached hydrogens (primary N) is 1. The van der Waals surface area contributed by atoms with Crippen LogP contribution in [0, 0.1) is 13.8 Å². The minimum atomic E-state index is -0.391. The summed E-state index contributed by atoms with van der Waals surface area (Å²) in [6.07, 6.45) is 2.47. The quantitative estimate of drug-likeness (QED) is 0.346. The van der Waals surface area contributed by atoms with E-state index in [1.54, 1.807) is 6.08 Å². The van der Waals surface area contributed by atoms with Gasteiger partial charge < -0.3 is 11.1 Å². The molecule has 1 rings (SSSR count). The van der Waals surface area contributed by atoms with Crippen molar-refractivity contribution >= 4 is 30.1 Å². The average Bonchev–Trinajstić information content (AvgIpc) is 2.34. The number of halogens is 1. The van der Waals surface area contributed by atoms with Crippen LogP contribution >= 0.6 is 12.4 Å². The van der Waals surface area contributed by atoms with Gasteiger partial charge in [0.1, 0.15) is 0 Å². The summed E-state index contributed by atoms with van der Waals surface area (Å²) < 4.78 is 0. The fraction of sp³-hybridized carbons (Fsp3) is 0.286. The van der Waals surface area contributed by atoms with Crippen molar-refractivity contribution in [1.29, 1.82) is 0 Å². The van der Waals surface area contributed by atoms with Gasteiger partial charge in [-0.3, -0.25) is 10.3 Å². The number of hydrogen-bond acceptors (Lipinski definition) is 2. The van der Waals surface area contributed by atoms with Crippen LogP contribution < -0.4 is 16.4 Å². The standard InChI is InChI=1S/C14H20N4O.ClH/c1-4-5-9-16-13(15)18-14(19)17-12-10(2)7-6-8-11(12)3;/h4,6-8H,1,5,9H2,2-3H3,(H4,15,16,17,18,19);1H. The maximum absolute atomic E-state index is 11.8. The number of benzene rings is 1. The molecule has 0 aliphatic heterocycles. The first-order valence-electron chi connectivity index (χ1n) is 6.09. The molecular formula is C14H21ClN4O. The Labute approximate surface area is 125 Å². The molecule has 0 radical (unpaired) electrons. The number of hydrogen-bond donors (Lipinski definition) is 3. The van der Waals surface area contributed by atoms with E-state index in [9.17, 15) is 4.79 Å². The number of para-hydroxylation sites is 1. The first-order valence-corrected chi connectivity index (χ1v) is 6.09. The molecule has 0 unspecified atom stereocenters. The van der Waals surface area contributed by atoms with E-state index in [0.29, 0.717) is 6.54 Å². The molecule has 0 heterocycles. The first-order chi connectivity index (χ1) is 9.04. The van der Waals surface area contributed by atoms with Gasteiger partial charge >= 0.3 is 6.03 Å². The van der Waals surface area contributed by atoms with Crippen molar-refractivity contribution in [2.24, 2.45) is 10.7 Å². The van der Waals surface area contributed by atoms with Gasteiger partial charge in [0.15, 0.2) is 5.96 Å². The topological polar surface area (TPSA) is 79.5 Å². The lowest BCUT2D eigenvalue weighted by Gasteiger charge is -2.12. The number of nitrogens with zero attached hydrogens (tertiary/aromatic N) is 1. The Morgan fingerprint density at radius 2 is 2.00 bits per heavy atom. The number of urea groups is 1. The highest BCUT2D eigenvalue weighted by Crippen LogP contribution is 2.18. The normalized spacial score (nSPS) is 10.4. The highest BCUT2D eigenvalue weighted by atomic mass is 35.5. The fourth-order valence-corrected chi connectivity index (χ4v) is 1.59. The highest BCUT2D eigenvalue weighted by Gasteiger charge is 2.07. The average molecular weight is 297 g/mol. The van der Waals surface area contributed by atoms with Gasteiger partial charge in [-0.2, -0.15) is 0 Å². The molecule has 0 fully saturated rings. The summed E-state index contributed by atoms with van der Waals surface area (Å²) in [6, 6.07) is 5.42. The zero-order valence-corrected chi connectivity index (χ0v) is 12.6. The predicted molar refractivity (Wildman–Crippen MR) is 86.6 cm³/mol. The first kappa shape index (κ1) is 18.0. The number of anilines is 1. The van der Waals surface area contributed by atoms with E-state index in [0.717, 1.165) is 23.2 Å². The van der Waals surface area contributed by atoms with Gasteiger partial charge in [-0.05, 0) is 31.4 Å². The molecule has 0 saturated heterocycles. The highest BCUT2D eigenvalue weighted by molar-refractivity contribution is 6.02. The largest absolute Gasteiger partial charge is 0.370 e. The molecule has 0 spiro atoms. The number of rotatable bonds is 4. The molecule has 0 aliphatic rings. The Kier molecular flexibility index (Phi) is 8.08. The second-order valence-electron chi connectivity index (χ2n) is 4.19. The van der Waals surface area contributed by atoms with Crippen LogP contribution in [0.3, 0.4) is 0 Å². The van der Waals surface area contributed by atoms with Crippen LogP contribution in [0.1, 0.15) is 17.5 Å². The second-order valence-corrected chi connectivity index (χ2v) is 4.19. The minimum absolute atomic E-state index is 0. The zero-order valence-electron chi connectivity index (χ0n) is 11.8. The van der Waals surface area contributed by atoms with E-state index >= 15 is 0 Å². The third-order valence-electron chi connectivity index (χ3n) is 2.58. The molecule has 0 atom stereocenters. The molecule has 1 aromatic rings. The summed E-state index contributed by atoms with van der Waals surface area (Å²) in [5.41, 5.74) is 8.37. The lowest BCUT2D eigenvalue weighted by atomic mass is 10.1. The maximum Gasteiger partial charge on any atom is 0.326 e. The van der Waals surface area contributed by atoms with Crippen LogP contribution in [0.2, 0.25) is 0 Å². The van der Waals surface area contributed by atoms with Gasteiger partial charge in [-0.1, -0.05) is 24.3 Å². The molecule has 20 heavy (non-hydrogen) atoms. The Hall–Kier alpha value is -2.01. The SMILES string of the molecule is C=CCCN=C(N)NC(=O)Nc1c(C)cccc1C.Cl. The Morgan fingerprint density at radius 3 is 2.55 bits per heavy atom. The van der Waals surface area contributed by atoms with Crippen molar-refractivity contribution in [3.05, 3.63) is 42.0 Å². The Balaban J connectivity index is 0.00000361. The van der Waals surface area contributed by atoms with Crippen molar-refractivity contribution in [3.8, 4) is 0 Å². The van der Waals surface area contributed by atoms with Crippen molar-refractivity contribution in [2.45, 2.75) is 20.3 Å². The van der Waals surface area contributed by atoms with Gasteiger partial charge in [-0.25, -0.2) is 4.79 Å². The maximum atomic E-state index is 11.8. The van der Waals surface area contributed by atoms with Crippen LogP contribution in [0.25, 0.3) is 0 Å². The summed E-state index contributed by atoms with van der Waals surface area (Å²) >= 11 is 0.